The summed E-state index contributed by atoms with van der Waals surface area (Å²) in [5.41, 5.74) is 5.84. The Morgan fingerprint density at radius 3 is 2.54 bits per heavy atom. The molecule has 0 bridgehead atoms. The maximum atomic E-state index is 12.3. The molecule has 188 valence electrons. The third-order valence-electron chi connectivity index (χ3n) is 7.13. The summed E-state index contributed by atoms with van der Waals surface area (Å²) in [6.45, 7) is 2.41. The highest BCUT2D eigenvalue weighted by Crippen LogP contribution is 2.32. The molecule has 0 aliphatic carbocycles. The van der Waals surface area contributed by atoms with Gasteiger partial charge in [-0.15, -0.1) is 0 Å². The van der Waals surface area contributed by atoms with Crippen LogP contribution >= 0.6 is 0 Å². The molecular weight excluding hydrogens is 440 g/mol. The number of carbonyl (C=O) groups excluding carboxylic acids is 2. The summed E-state index contributed by atoms with van der Waals surface area (Å²) in [4.78, 5) is 30.6. The summed E-state index contributed by atoms with van der Waals surface area (Å²) in [6, 6.07) is 10.3. The van der Waals surface area contributed by atoms with Gasteiger partial charge >= 0.3 is 0 Å². The Bertz CT molecular complexity index is 992. The van der Waals surface area contributed by atoms with Crippen LogP contribution < -0.4 is 10.6 Å². The lowest BCUT2D eigenvalue weighted by Crippen LogP contribution is -2.50. The lowest BCUT2D eigenvalue weighted by atomic mass is 10.0. The first kappa shape index (κ1) is 25.3. The Balaban J connectivity index is 1.22. The number of anilines is 1. The molecule has 7 nitrogen and oxygen atoms in total. The van der Waals surface area contributed by atoms with Crippen LogP contribution in [0, 0.1) is 0 Å². The van der Waals surface area contributed by atoms with Gasteiger partial charge in [0.05, 0.1) is 18.3 Å². The predicted molar refractivity (Wildman–Crippen MR) is 137 cm³/mol. The number of hydrogen-bond donors (Lipinski definition) is 3. The molecule has 0 spiro atoms. The van der Waals surface area contributed by atoms with Crippen molar-refractivity contribution in [2.75, 3.05) is 11.9 Å². The Morgan fingerprint density at radius 2 is 1.80 bits per heavy atom. The maximum absolute atomic E-state index is 12.3. The Hall–Kier alpha value is -2.77. The molecule has 2 aliphatic heterocycles. The second-order valence-electron chi connectivity index (χ2n) is 9.77. The molecule has 2 aromatic rings. The number of aliphatic hydroxyl groups is 1. The normalized spacial score (nSPS) is 17.9. The van der Waals surface area contributed by atoms with Gasteiger partial charge in [-0.3, -0.25) is 24.8 Å². The van der Waals surface area contributed by atoms with E-state index in [4.69, 9.17) is 5.11 Å². The summed E-state index contributed by atoms with van der Waals surface area (Å²) in [6.07, 6.45) is 12.3. The molecule has 3 N–H and O–H groups in total. The van der Waals surface area contributed by atoms with E-state index in [9.17, 15) is 9.59 Å². The lowest BCUT2D eigenvalue weighted by molar-refractivity contribution is -0.137. The minimum Gasteiger partial charge on any atom is -0.396 e. The van der Waals surface area contributed by atoms with Crippen LogP contribution in [0.25, 0.3) is 0 Å². The topological polar surface area (TPSA) is 94.6 Å². The van der Waals surface area contributed by atoms with Gasteiger partial charge in [0.2, 0.25) is 11.8 Å². The number of aliphatic hydroxyl groups excluding tert-OH is 1. The summed E-state index contributed by atoms with van der Waals surface area (Å²) >= 11 is 0. The minimum absolute atomic E-state index is 0.172. The number of rotatable bonds is 13. The number of aromatic nitrogens is 1. The number of nitrogens with one attached hydrogen (secondary N) is 2. The van der Waals surface area contributed by atoms with E-state index < -0.39 is 0 Å². The number of benzene rings is 1. The second kappa shape index (κ2) is 12.8. The number of carbonyl (C=O) groups is 2. The molecule has 3 heterocycles. The van der Waals surface area contributed by atoms with Crippen LogP contribution in [0.15, 0.2) is 36.5 Å². The summed E-state index contributed by atoms with van der Waals surface area (Å²) in [5.74, 6) is -0.347. The quantitative estimate of drug-likeness (QED) is 0.297. The van der Waals surface area contributed by atoms with Crippen molar-refractivity contribution in [2.45, 2.75) is 89.9 Å². The van der Waals surface area contributed by atoms with Crippen molar-refractivity contribution >= 4 is 17.5 Å². The fourth-order valence-corrected chi connectivity index (χ4v) is 5.08. The Morgan fingerprint density at radius 1 is 1.00 bits per heavy atom. The molecule has 0 saturated carbocycles. The van der Waals surface area contributed by atoms with Crippen molar-refractivity contribution in [3.63, 3.8) is 0 Å². The van der Waals surface area contributed by atoms with E-state index in [1.54, 1.807) is 0 Å². The van der Waals surface area contributed by atoms with Gasteiger partial charge in [-0.2, -0.15) is 0 Å². The molecule has 35 heavy (non-hydrogen) atoms. The number of fused-ring (bicyclic) bond motifs is 1. The second-order valence-corrected chi connectivity index (χ2v) is 9.77. The smallest absolute Gasteiger partial charge is 0.243 e. The van der Waals surface area contributed by atoms with Crippen molar-refractivity contribution in [1.82, 2.24) is 15.2 Å². The monoisotopic (exact) mass is 478 g/mol. The number of aryl methyl sites for hydroxylation is 1. The average Bonchev–Trinajstić information content (AvgIpc) is 3.30. The molecule has 1 aromatic carbocycles. The molecule has 0 radical (unpaired) electrons. The summed E-state index contributed by atoms with van der Waals surface area (Å²) in [7, 11) is 0. The van der Waals surface area contributed by atoms with E-state index in [0.717, 1.165) is 37.2 Å². The van der Waals surface area contributed by atoms with Gasteiger partial charge in [-0.25, -0.2) is 0 Å². The highest BCUT2D eigenvalue weighted by atomic mass is 16.3. The summed E-state index contributed by atoms with van der Waals surface area (Å²) < 4.78 is 0. The Kier molecular flexibility index (Phi) is 9.26. The fraction of sp³-hybridized carbons (Fsp3) is 0.536. The zero-order valence-corrected chi connectivity index (χ0v) is 20.6. The van der Waals surface area contributed by atoms with Gasteiger partial charge in [0, 0.05) is 38.0 Å². The minimum atomic E-state index is -0.242. The maximum Gasteiger partial charge on any atom is 0.243 e. The molecule has 1 fully saturated rings. The molecule has 2 amide bonds. The zero-order valence-electron chi connectivity index (χ0n) is 20.6. The van der Waals surface area contributed by atoms with Gasteiger partial charge in [0.1, 0.15) is 0 Å². The third-order valence-corrected chi connectivity index (χ3v) is 7.13. The van der Waals surface area contributed by atoms with Gasteiger partial charge in [0.25, 0.3) is 0 Å². The number of pyridine rings is 1. The third kappa shape index (κ3) is 7.12. The van der Waals surface area contributed by atoms with Crippen molar-refractivity contribution in [1.29, 1.82) is 0 Å². The van der Waals surface area contributed by atoms with Crippen molar-refractivity contribution in [2.24, 2.45) is 0 Å². The largest absolute Gasteiger partial charge is 0.396 e. The van der Waals surface area contributed by atoms with E-state index in [1.807, 2.05) is 6.20 Å². The van der Waals surface area contributed by atoms with Gasteiger partial charge < -0.3 is 10.4 Å². The van der Waals surface area contributed by atoms with Gasteiger partial charge in [-0.1, -0.05) is 50.3 Å². The molecule has 1 atom stereocenters. The fourth-order valence-electron chi connectivity index (χ4n) is 5.08. The number of piperidine rings is 1. The van der Waals surface area contributed by atoms with Crippen molar-refractivity contribution in [3.8, 4) is 0 Å². The van der Waals surface area contributed by atoms with E-state index in [-0.39, 0.29) is 17.9 Å². The predicted octanol–water partition coefficient (Wildman–Crippen LogP) is 4.08. The standard InChI is InChI=1S/C28H38N4O3/c33-16-7-5-3-1-2-4-6-9-21-12-13-23(29-17-21)18-30-25-11-8-10-22-19-32(20-24(22)25)26-14-15-27(34)31-28(26)35/h8,10-13,17,26,30,33H,1-7,9,14-16,18-20H2,(H,31,34,35). The number of hydrogen-bond acceptors (Lipinski definition) is 6. The van der Waals surface area contributed by atoms with Crippen LogP contribution in [-0.2, 0) is 35.6 Å². The highest BCUT2D eigenvalue weighted by molar-refractivity contribution is 6.00. The highest BCUT2D eigenvalue weighted by Gasteiger charge is 2.35. The first-order valence-electron chi connectivity index (χ1n) is 13.1. The number of nitrogens with zero attached hydrogens (tertiary/aromatic N) is 2. The van der Waals surface area contributed by atoms with Crippen LogP contribution in [0.2, 0.25) is 0 Å². The lowest BCUT2D eigenvalue weighted by Gasteiger charge is -2.29. The number of amides is 2. The molecule has 1 aromatic heterocycles. The molecular formula is C28H38N4O3. The first-order chi connectivity index (χ1) is 17.1. The molecule has 1 unspecified atom stereocenters. The van der Waals surface area contributed by atoms with Crippen LogP contribution in [0.5, 0.6) is 0 Å². The molecule has 2 aliphatic rings. The molecule has 7 heteroatoms. The number of unbranched alkanes of at least 4 members (excludes halogenated alkanes) is 6. The van der Waals surface area contributed by atoms with E-state index in [1.165, 1.54) is 48.8 Å². The van der Waals surface area contributed by atoms with Crippen LogP contribution in [0.4, 0.5) is 5.69 Å². The van der Waals surface area contributed by atoms with Crippen LogP contribution in [0.3, 0.4) is 0 Å². The average molecular weight is 479 g/mol. The van der Waals surface area contributed by atoms with Crippen molar-refractivity contribution < 1.29 is 14.7 Å². The van der Waals surface area contributed by atoms with E-state index >= 15 is 0 Å². The van der Waals surface area contributed by atoms with Crippen LogP contribution in [0.1, 0.15) is 80.2 Å². The zero-order chi connectivity index (χ0) is 24.5. The SMILES string of the molecule is O=C1CCC(N2Cc3cccc(NCc4ccc(CCCCCCCCCO)cn4)c3C2)C(=O)N1. The molecule has 1 saturated heterocycles. The van der Waals surface area contributed by atoms with E-state index in [0.29, 0.717) is 32.5 Å². The summed E-state index contributed by atoms with van der Waals surface area (Å²) in [5, 5.41) is 14.8. The number of imide groups is 1. The Labute approximate surface area is 208 Å². The van der Waals surface area contributed by atoms with Crippen molar-refractivity contribution in [3.05, 3.63) is 58.9 Å². The molecule has 4 rings (SSSR count). The first-order valence-corrected chi connectivity index (χ1v) is 13.1. The van der Waals surface area contributed by atoms with E-state index in [2.05, 4.69) is 50.8 Å². The van der Waals surface area contributed by atoms with Gasteiger partial charge in [0.15, 0.2) is 0 Å². The van der Waals surface area contributed by atoms with Gasteiger partial charge in [-0.05, 0) is 54.5 Å². The van der Waals surface area contributed by atoms with Crippen LogP contribution in [-0.4, -0.2) is 39.5 Å².